The number of thiophene rings is 1. The van der Waals surface area contributed by atoms with Crippen molar-refractivity contribution in [1.29, 1.82) is 0 Å². The number of fused-ring (bicyclic) bond motifs is 1. The van der Waals surface area contributed by atoms with E-state index in [1.54, 1.807) is 11.3 Å². The van der Waals surface area contributed by atoms with Crippen molar-refractivity contribution in [2.75, 3.05) is 13.1 Å². The van der Waals surface area contributed by atoms with Crippen LogP contribution in [0.15, 0.2) is 47.3 Å². The highest BCUT2D eigenvalue weighted by atomic mass is 32.1. The van der Waals surface area contributed by atoms with Crippen molar-refractivity contribution in [3.63, 3.8) is 0 Å². The molecule has 0 amide bonds. The molecule has 4 heterocycles. The monoisotopic (exact) mass is 365 g/mol. The molecule has 1 saturated heterocycles. The molecular formula is C21H23N3OS. The van der Waals surface area contributed by atoms with E-state index in [2.05, 4.69) is 62.5 Å². The molecule has 1 aromatic carbocycles. The van der Waals surface area contributed by atoms with E-state index in [1.807, 2.05) is 6.20 Å². The van der Waals surface area contributed by atoms with Gasteiger partial charge in [-0.25, -0.2) is 4.98 Å². The molecule has 0 unspecified atom stereocenters. The van der Waals surface area contributed by atoms with E-state index in [1.165, 1.54) is 22.4 Å². The Morgan fingerprint density at radius 3 is 3.08 bits per heavy atom. The Morgan fingerprint density at radius 2 is 2.23 bits per heavy atom. The van der Waals surface area contributed by atoms with Crippen LogP contribution in [0.3, 0.4) is 0 Å². The van der Waals surface area contributed by atoms with Gasteiger partial charge in [-0.2, -0.15) is 11.3 Å². The first-order chi connectivity index (χ1) is 12.7. The van der Waals surface area contributed by atoms with Gasteiger partial charge in [0, 0.05) is 25.2 Å². The first-order valence-electron chi connectivity index (χ1n) is 9.20. The molecule has 1 spiro atoms. The molecule has 4 nitrogen and oxygen atoms in total. The van der Waals surface area contributed by atoms with Crippen molar-refractivity contribution < 1.29 is 4.74 Å². The Labute approximate surface area is 158 Å². The van der Waals surface area contributed by atoms with Crippen LogP contribution >= 0.6 is 11.3 Å². The predicted molar refractivity (Wildman–Crippen MR) is 104 cm³/mol. The lowest BCUT2D eigenvalue weighted by molar-refractivity contribution is -0.0821. The fourth-order valence-corrected chi connectivity index (χ4v) is 4.90. The molecule has 0 N–H and O–H groups in total. The van der Waals surface area contributed by atoms with E-state index in [9.17, 15) is 0 Å². The van der Waals surface area contributed by atoms with E-state index in [0.717, 1.165) is 38.4 Å². The predicted octanol–water partition coefficient (Wildman–Crippen LogP) is 4.09. The number of rotatable bonds is 3. The standard InChI is InChI=1S/C21H23N3OS/c1-16-3-2-4-18(9-16)19-10-22-20-12-25-21(15-24(19)20)6-7-23(14-21)11-17-5-8-26-13-17/h2-5,8-10,13H,6-7,11-12,14-15H2,1H3/t21-/m1/s1. The van der Waals surface area contributed by atoms with E-state index in [0.29, 0.717) is 6.61 Å². The van der Waals surface area contributed by atoms with Crippen LogP contribution in [0.25, 0.3) is 11.3 Å². The molecule has 5 rings (SSSR count). The minimum Gasteiger partial charge on any atom is -0.364 e. The van der Waals surface area contributed by atoms with Gasteiger partial charge in [0.15, 0.2) is 0 Å². The first kappa shape index (κ1) is 16.2. The van der Waals surface area contributed by atoms with Gasteiger partial charge in [-0.15, -0.1) is 0 Å². The average Bonchev–Trinajstić information content (AvgIpc) is 3.36. The van der Waals surface area contributed by atoms with Gasteiger partial charge in [0.25, 0.3) is 0 Å². The molecule has 26 heavy (non-hydrogen) atoms. The van der Waals surface area contributed by atoms with Crippen LogP contribution in [0, 0.1) is 6.92 Å². The Balaban J connectivity index is 1.39. The Bertz CT molecular complexity index is 917. The van der Waals surface area contributed by atoms with Gasteiger partial charge in [-0.05, 0) is 41.8 Å². The fraction of sp³-hybridized carbons (Fsp3) is 0.381. The van der Waals surface area contributed by atoms with Crippen molar-refractivity contribution in [1.82, 2.24) is 14.5 Å². The second-order valence-corrected chi connectivity index (χ2v) is 8.36. The summed E-state index contributed by atoms with van der Waals surface area (Å²) in [7, 11) is 0. The van der Waals surface area contributed by atoms with E-state index < -0.39 is 0 Å². The number of aryl methyl sites for hydroxylation is 1. The largest absolute Gasteiger partial charge is 0.364 e. The molecule has 3 aromatic rings. The van der Waals surface area contributed by atoms with Gasteiger partial charge in [-0.3, -0.25) is 4.90 Å². The molecule has 1 atom stereocenters. The second-order valence-electron chi connectivity index (χ2n) is 7.58. The molecule has 2 aliphatic rings. The summed E-state index contributed by atoms with van der Waals surface area (Å²) in [6, 6.07) is 10.9. The number of imidazole rings is 1. The summed E-state index contributed by atoms with van der Waals surface area (Å²) < 4.78 is 8.73. The minimum absolute atomic E-state index is 0.0811. The quantitative estimate of drug-likeness (QED) is 0.700. The number of hydrogen-bond acceptors (Lipinski definition) is 4. The van der Waals surface area contributed by atoms with Gasteiger partial charge in [0.2, 0.25) is 0 Å². The fourth-order valence-electron chi connectivity index (χ4n) is 4.24. The van der Waals surface area contributed by atoms with Crippen molar-refractivity contribution in [3.8, 4) is 11.3 Å². The molecule has 2 aromatic heterocycles. The van der Waals surface area contributed by atoms with E-state index in [-0.39, 0.29) is 5.60 Å². The lowest BCUT2D eigenvalue weighted by Crippen LogP contribution is -2.44. The third-order valence-electron chi connectivity index (χ3n) is 5.59. The molecule has 0 bridgehead atoms. The molecule has 5 heteroatoms. The minimum atomic E-state index is -0.0811. The molecule has 0 saturated carbocycles. The van der Waals surface area contributed by atoms with Crippen LogP contribution in [0.2, 0.25) is 0 Å². The summed E-state index contributed by atoms with van der Waals surface area (Å²) in [6.45, 7) is 6.76. The summed E-state index contributed by atoms with van der Waals surface area (Å²) >= 11 is 1.77. The summed E-state index contributed by atoms with van der Waals surface area (Å²) in [6.07, 6.45) is 3.09. The lowest BCUT2D eigenvalue weighted by atomic mass is 10.0. The maximum Gasteiger partial charge on any atom is 0.135 e. The maximum atomic E-state index is 6.35. The lowest BCUT2D eigenvalue weighted by Gasteiger charge is -2.35. The number of nitrogens with zero attached hydrogens (tertiary/aromatic N) is 3. The zero-order valence-electron chi connectivity index (χ0n) is 15.0. The molecule has 134 valence electrons. The van der Waals surface area contributed by atoms with Crippen LogP contribution in [-0.4, -0.2) is 33.1 Å². The third-order valence-corrected chi connectivity index (χ3v) is 6.32. The average molecular weight is 366 g/mol. The normalized spacial score (nSPS) is 22.8. The Kier molecular flexibility index (Phi) is 3.96. The number of ether oxygens (including phenoxy) is 1. The molecule has 0 aliphatic carbocycles. The third kappa shape index (κ3) is 2.90. The van der Waals surface area contributed by atoms with Gasteiger partial charge in [0.1, 0.15) is 18.0 Å². The molecular weight excluding hydrogens is 342 g/mol. The Morgan fingerprint density at radius 1 is 1.27 bits per heavy atom. The number of aromatic nitrogens is 2. The first-order valence-corrected chi connectivity index (χ1v) is 10.1. The summed E-state index contributed by atoms with van der Waals surface area (Å²) in [5.41, 5.74) is 5.06. The van der Waals surface area contributed by atoms with Gasteiger partial charge in [0.05, 0.1) is 18.4 Å². The molecule has 0 radical (unpaired) electrons. The van der Waals surface area contributed by atoms with Gasteiger partial charge < -0.3 is 9.30 Å². The van der Waals surface area contributed by atoms with E-state index in [4.69, 9.17) is 4.74 Å². The van der Waals surface area contributed by atoms with Crippen LogP contribution in [0.1, 0.15) is 23.4 Å². The van der Waals surface area contributed by atoms with Gasteiger partial charge in [-0.1, -0.05) is 23.8 Å². The zero-order valence-corrected chi connectivity index (χ0v) is 15.8. The SMILES string of the molecule is Cc1cccc(-c2cnc3n2C[C@]2(CCN(Cc4ccsc4)C2)OC3)c1. The van der Waals surface area contributed by atoms with Crippen molar-refractivity contribution in [2.24, 2.45) is 0 Å². The van der Waals surface area contributed by atoms with Crippen molar-refractivity contribution in [2.45, 2.75) is 38.6 Å². The van der Waals surface area contributed by atoms with Crippen molar-refractivity contribution in [3.05, 3.63) is 64.2 Å². The zero-order chi connectivity index (χ0) is 17.6. The highest BCUT2D eigenvalue weighted by Crippen LogP contribution is 2.35. The van der Waals surface area contributed by atoms with Crippen LogP contribution < -0.4 is 0 Å². The highest BCUT2D eigenvalue weighted by Gasteiger charge is 2.43. The topological polar surface area (TPSA) is 30.3 Å². The number of hydrogen-bond donors (Lipinski definition) is 0. The van der Waals surface area contributed by atoms with Crippen LogP contribution in [0.4, 0.5) is 0 Å². The second kappa shape index (κ2) is 6.34. The van der Waals surface area contributed by atoms with Gasteiger partial charge >= 0.3 is 0 Å². The summed E-state index contributed by atoms with van der Waals surface area (Å²) in [5.74, 6) is 1.04. The van der Waals surface area contributed by atoms with E-state index >= 15 is 0 Å². The highest BCUT2D eigenvalue weighted by molar-refractivity contribution is 7.07. The molecule has 1 fully saturated rings. The summed E-state index contributed by atoms with van der Waals surface area (Å²) in [5, 5.41) is 4.40. The number of benzene rings is 1. The van der Waals surface area contributed by atoms with Crippen molar-refractivity contribution >= 4 is 11.3 Å². The Hall–Kier alpha value is -1.95. The van der Waals surface area contributed by atoms with Crippen LogP contribution in [-0.2, 0) is 24.4 Å². The summed E-state index contributed by atoms with van der Waals surface area (Å²) in [4.78, 5) is 7.15. The smallest absolute Gasteiger partial charge is 0.135 e. The molecule has 2 aliphatic heterocycles. The number of likely N-dealkylation sites (tertiary alicyclic amines) is 1. The van der Waals surface area contributed by atoms with Crippen LogP contribution in [0.5, 0.6) is 0 Å². The maximum absolute atomic E-state index is 6.35.